The summed E-state index contributed by atoms with van der Waals surface area (Å²) < 4.78 is 0. The van der Waals surface area contributed by atoms with Gasteiger partial charge in [0.05, 0.1) is 5.75 Å². The molecule has 1 aliphatic heterocycles. The van der Waals surface area contributed by atoms with Crippen LogP contribution in [0.1, 0.15) is 0 Å². The van der Waals surface area contributed by atoms with Crippen LogP contribution in [0.4, 0.5) is 11.6 Å². The highest BCUT2D eigenvalue weighted by Gasteiger charge is 2.21. The van der Waals surface area contributed by atoms with Gasteiger partial charge in [-0.25, -0.2) is 5.10 Å². The van der Waals surface area contributed by atoms with Gasteiger partial charge in [0.1, 0.15) is 0 Å². The molecule has 0 bridgehead atoms. The minimum Gasteiger partial charge on any atom is -0.368 e. The number of carbonyl (C=O) groups excluding carboxylic acids is 1. The largest absolute Gasteiger partial charge is 0.368 e. The molecule has 0 atom stereocenters. The number of amides is 1. The molecule has 1 fully saturated rings. The zero-order chi connectivity index (χ0) is 16.2. The van der Waals surface area contributed by atoms with Gasteiger partial charge < -0.3 is 15.5 Å². The Labute approximate surface area is 143 Å². The van der Waals surface area contributed by atoms with E-state index in [0.29, 0.717) is 24.0 Å². The summed E-state index contributed by atoms with van der Waals surface area (Å²) in [6.45, 7) is 2.98. The summed E-state index contributed by atoms with van der Waals surface area (Å²) in [4.78, 5) is 20.3. The lowest BCUT2D eigenvalue weighted by Crippen LogP contribution is -2.49. The van der Waals surface area contributed by atoms with E-state index < -0.39 is 0 Å². The van der Waals surface area contributed by atoms with E-state index in [0.717, 1.165) is 23.8 Å². The van der Waals surface area contributed by atoms with Crippen molar-refractivity contribution >= 4 is 40.9 Å². The first kappa shape index (κ1) is 15.9. The fourth-order valence-corrected chi connectivity index (χ4v) is 3.32. The Hall–Kier alpha value is -1.93. The van der Waals surface area contributed by atoms with Gasteiger partial charge in [-0.15, -0.1) is 5.10 Å². The van der Waals surface area contributed by atoms with Gasteiger partial charge in [0.2, 0.25) is 17.0 Å². The van der Waals surface area contributed by atoms with Crippen molar-refractivity contribution in [2.24, 2.45) is 0 Å². The third-order valence-electron chi connectivity index (χ3n) is 3.61. The molecule has 1 amide bonds. The highest BCUT2D eigenvalue weighted by atomic mass is 35.5. The number of H-pyrrole nitrogens is 1. The minimum atomic E-state index is 0.0871. The number of aromatic amines is 1. The lowest BCUT2D eigenvalue weighted by molar-refractivity contribution is -0.128. The molecule has 7 nitrogen and oxygen atoms in total. The number of nitrogens with one attached hydrogen (secondary N) is 1. The molecule has 2 heterocycles. The highest BCUT2D eigenvalue weighted by molar-refractivity contribution is 7.99. The summed E-state index contributed by atoms with van der Waals surface area (Å²) in [6.07, 6.45) is 0. The lowest BCUT2D eigenvalue weighted by atomic mass is 10.2. The average Bonchev–Trinajstić information content (AvgIpc) is 2.98. The van der Waals surface area contributed by atoms with Gasteiger partial charge in [0, 0.05) is 36.9 Å². The molecule has 23 heavy (non-hydrogen) atoms. The van der Waals surface area contributed by atoms with Crippen LogP contribution in [0.2, 0.25) is 5.02 Å². The number of halogens is 1. The molecule has 0 saturated carbocycles. The third-order valence-corrected chi connectivity index (χ3v) is 4.68. The van der Waals surface area contributed by atoms with Crippen molar-refractivity contribution in [2.75, 3.05) is 42.6 Å². The highest BCUT2D eigenvalue weighted by Crippen LogP contribution is 2.21. The number of rotatable bonds is 4. The fourth-order valence-electron chi connectivity index (χ4n) is 2.43. The second-order valence-electron chi connectivity index (χ2n) is 5.14. The summed E-state index contributed by atoms with van der Waals surface area (Å²) in [5, 5.41) is 7.68. The fraction of sp³-hybridized carbons (Fsp3) is 0.357. The van der Waals surface area contributed by atoms with Crippen molar-refractivity contribution in [1.82, 2.24) is 20.1 Å². The summed E-state index contributed by atoms with van der Waals surface area (Å²) >= 11 is 7.31. The second kappa shape index (κ2) is 7.10. The Balaban J connectivity index is 1.49. The molecule has 0 aliphatic carbocycles. The first-order valence-corrected chi connectivity index (χ1v) is 8.57. The SMILES string of the molecule is Nc1nc(SCC(=O)N2CCN(c3cccc(Cl)c3)CC2)n[nH]1. The number of nitrogens with zero attached hydrogens (tertiary/aromatic N) is 4. The van der Waals surface area contributed by atoms with E-state index in [4.69, 9.17) is 17.3 Å². The Kier molecular flexibility index (Phi) is 4.92. The van der Waals surface area contributed by atoms with Crippen molar-refractivity contribution in [3.05, 3.63) is 29.3 Å². The normalized spacial score (nSPS) is 15.0. The number of anilines is 2. The van der Waals surface area contributed by atoms with Crippen LogP contribution in [0, 0.1) is 0 Å². The Morgan fingerprint density at radius 3 is 2.78 bits per heavy atom. The molecule has 0 spiro atoms. The lowest BCUT2D eigenvalue weighted by Gasteiger charge is -2.36. The van der Waals surface area contributed by atoms with Crippen LogP contribution < -0.4 is 10.6 Å². The summed E-state index contributed by atoms with van der Waals surface area (Å²) in [7, 11) is 0. The Morgan fingerprint density at radius 2 is 2.13 bits per heavy atom. The summed E-state index contributed by atoms with van der Waals surface area (Å²) in [6, 6.07) is 7.78. The van der Waals surface area contributed by atoms with Crippen LogP contribution >= 0.6 is 23.4 Å². The zero-order valence-corrected chi connectivity index (χ0v) is 14.0. The maximum Gasteiger partial charge on any atom is 0.233 e. The second-order valence-corrected chi connectivity index (χ2v) is 6.52. The number of hydrogen-bond acceptors (Lipinski definition) is 6. The van der Waals surface area contributed by atoms with Gasteiger partial charge in [-0.1, -0.05) is 29.4 Å². The molecular formula is C14H17ClN6OS. The van der Waals surface area contributed by atoms with Crippen LogP contribution in [-0.4, -0.2) is 57.9 Å². The molecule has 0 unspecified atom stereocenters. The van der Waals surface area contributed by atoms with Gasteiger partial charge in [-0.2, -0.15) is 4.98 Å². The summed E-state index contributed by atoms with van der Waals surface area (Å²) in [5.41, 5.74) is 6.55. The van der Waals surface area contributed by atoms with E-state index in [9.17, 15) is 4.79 Å². The van der Waals surface area contributed by atoms with Crippen molar-refractivity contribution in [3.63, 3.8) is 0 Å². The molecule has 3 N–H and O–H groups in total. The van der Waals surface area contributed by atoms with Gasteiger partial charge in [-0.05, 0) is 18.2 Å². The number of thioether (sulfide) groups is 1. The van der Waals surface area contributed by atoms with Crippen LogP contribution in [0.3, 0.4) is 0 Å². The molecule has 9 heteroatoms. The van der Waals surface area contributed by atoms with Crippen LogP contribution in [0.25, 0.3) is 0 Å². The van der Waals surface area contributed by atoms with Crippen molar-refractivity contribution in [3.8, 4) is 0 Å². The van der Waals surface area contributed by atoms with Gasteiger partial charge >= 0.3 is 0 Å². The molecule has 122 valence electrons. The molecule has 2 aromatic rings. The standard InChI is InChI=1S/C14H17ClN6OS/c15-10-2-1-3-11(8-10)20-4-6-21(7-5-20)12(22)9-23-14-17-13(16)18-19-14/h1-3,8H,4-7,9H2,(H3,16,17,18,19). The molecular weight excluding hydrogens is 336 g/mol. The quantitative estimate of drug-likeness (QED) is 0.810. The Bertz CT molecular complexity index is 685. The smallest absolute Gasteiger partial charge is 0.233 e. The first-order chi connectivity index (χ1) is 11.1. The van der Waals surface area contributed by atoms with Crippen LogP contribution in [-0.2, 0) is 4.79 Å². The van der Waals surface area contributed by atoms with Gasteiger partial charge in [0.15, 0.2) is 0 Å². The Morgan fingerprint density at radius 1 is 1.35 bits per heavy atom. The van der Waals surface area contributed by atoms with E-state index in [2.05, 4.69) is 20.1 Å². The number of hydrogen-bond donors (Lipinski definition) is 2. The van der Waals surface area contributed by atoms with E-state index in [-0.39, 0.29) is 11.9 Å². The number of piperazine rings is 1. The van der Waals surface area contributed by atoms with E-state index in [1.807, 2.05) is 29.2 Å². The average molecular weight is 353 g/mol. The maximum absolute atomic E-state index is 12.2. The third kappa shape index (κ3) is 4.08. The van der Waals surface area contributed by atoms with Crippen molar-refractivity contribution < 1.29 is 4.79 Å². The van der Waals surface area contributed by atoms with Crippen LogP contribution in [0.15, 0.2) is 29.4 Å². The molecule has 1 aromatic carbocycles. The van der Waals surface area contributed by atoms with Gasteiger partial charge in [-0.3, -0.25) is 4.79 Å². The van der Waals surface area contributed by atoms with Crippen LogP contribution in [0.5, 0.6) is 0 Å². The number of benzene rings is 1. The van der Waals surface area contributed by atoms with E-state index >= 15 is 0 Å². The number of aromatic nitrogens is 3. The van der Waals surface area contributed by atoms with Crippen molar-refractivity contribution in [1.29, 1.82) is 0 Å². The summed E-state index contributed by atoms with van der Waals surface area (Å²) in [5.74, 6) is 0.660. The monoisotopic (exact) mass is 352 g/mol. The minimum absolute atomic E-state index is 0.0871. The molecule has 3 rings (SSSR count). The predicted molar refractivity (Wildman–Crippen MR) is 91.8 cm³/mol. The van der Waals surface area contributed by atoms with Gasteiger partial charge in [0.25, 0.3) is 0 Å². The van der Waals surface area contributed by atoms with E-state index in [1.165, 1.54) is 11.8 Å². The number of nitrogen functional groups attached to an aromatic ring is 1. The first-order valence-electron chi connectivity index (χ1n) is 7.21. The molecule has 1 aliphatic rings. The molecule has 0 radical (unpaired) electrons. The molecule has 1 aromatic heterocycles. The number of carbonyl (C=O) groups is 1. The topological polar surface area (TPSA) is 91.1 Å². The molecule has 1 saturated heterocycles. The van der Waals surface area contributed by atoms with E-state index in [1.54, 1.807) is 0 Å². The van der Waals surface area contributed by atoms with Crippen molar-refractivity contribution in [2.45, 2.75) is 5.16 Å². The number of nitrogens with two attached hydrogens (primary N) is 1. The maximum atomic E-state index is 12.2. The zero-order valence-electron chi connectivity index (χ0n) is 12.4. The predicted octanol–water partition coefficient (Wildman–Crippen LogP) is 1.48.